The second-order valence-corrected chi connectivity index (χ2v) is 7.57. The molecule has 7 nitrogen and oxygen atoms in total. The topological polar surface area (TPSA) is 77.1 Å². The minimum atomic E-state index is -0.247. The number of pyridine rings is 1. The zero-order valence-corrected chi connectivity index (χ0v) is 18.1. The Hall–Kier alpha value is -3.45. The van der Waals surface area contributed by atoms with Crippen LogP contribution in [0.2, 0.25) is 5.15 Å². The molecule has 3 aromatic heterocycles. The second-order valence-electron chi connectivity index (χ2n) is 7.21. The fraction of sp³-hybridized carbons (Fsp3) is 0.217. The van der Waals surface area contributed by atoms with Crippen LogP contribution in [0.25, 0.3) is 17.4 Å². The predicted octanol–water partition coefficient (Wildman–Crippen LogP) is 4.55. The van der Waals surface area contributed by atoms with Gasteiger partial charge in [-0.2, -0.15) is 5.10 Å². The molecule has 0 bridgehead atoms. The average Bonchev–Trinajstić information content (AvgIpc) is 3.33. The molecule has 4 aromatic rings. The van der Waals surface area contributed by atoms with Gasteiger partial charge in [-0.3, -0.25) is 9.20 Å². The van der Waals surface area contributed by atoms with E-state index in [4.69, 9.17) is 11.6 Å². The number of aryl methyl sites for hydroxylation is 1. The number of para-hydroxylation sites is 1. The molecule has 0 aliphatic rings. The van der Waals surface area contributed by atoms with Gasteiger partial charge in [0, 0.05) is 17.8 Å². The minimum Gasteiger partial charge on any atom is -0.343 e. The summed E-state index contributed by atoms with van der Waals surface area (Å²) in [6.07, 6.45) is 6.73. The van der Waals surface area contributed by atoms with Gasteiger partial charge in [-0.05, 0) is 43.7 Å². The van der Waals surface area contributed by atoms with Crippen molar-refractivity contribution in [3.63, 3.8) is 0 Å². The third kappa shape index (κ3) is 4.36. The quantitative estimate of drug-likeness (QED) is 0.433. The Morgan fingerprint density at radius 1 is 1.16 bits per heavy atom. The number of hydrogen-bond donors (Lipinski definition) is 1. The Labute approximate surface area is 185 Å². The molecule has 1 aromatic carbocycles. The van der Waals surface area contributed by atoms with Crippen molar-refractivity contribution >= 4 is 29.2 Å². The Kier molecular flexibility index (Phi) is 6.13. The molecule has 0 radical (unpaired) electrons. The molecule has 4 rings (SSSR count). The molecule has 0 saturated carbocycles. The van der Waals surface area contributed by atoms with Crippen LogP contribution in [-0.4, -0.2) is 30.3 Å². The first-order valence-corrected chi connectivity index (χ1v) is 10.5. The summed E-state index contributed by atoms with van der Waals surface area (Å²) in [5.74, 6) is 0.486. The first-order chi connectivity index (χ1) is 15.1. The van der Waals surface area contributed by atoms with Crippen LogP contribution >= 0.6 is 11.6 Å². The van der Waals surface area contributed by atoms with Crippen molar-refractivity contribution < 1.29 is 4.79 Å². The first-order valence-electron chi connectivity index (χ1n) is 10.2. The van der Waals surface area contributed by atoms with E-state index in [-0.39, 0.29) is 11.9 Å². The highest BCUT2D eigenvalue weighted by molar-refractivity contribution is 6.31. The van der Waals surface area contributed by atoms with Crippen LogP contribution in [0.15, 0.2) is 60.8 Å². The molecule has 0 spiro atoms. The highest BCUT2D eigenvalue weighted by Crippen LogP contribution is 2.25. The molecule has 1 atom stereocenters. The lowest BCUT2D eigenvalue weighted by Crippen LogP contribution is -2.28. The lowest BCUT2D eigenvalue weighted by molar-refractivity contribution is -0.117. The highest BCUT2D eigenvalue weighted by Gasteiger charge is 2.19. The van der Waals surface area contributed by atoms with Gasteiger partial charge >= 0.3 is 0 Å². The van der Waals surface area contributed by atoms with Crippen LogP contribution in [0.5, 0.6) is 0 Å². The third-order valence-electron chi connectivity index (χ3n) is 5.00. The molecule has 3 heterocycles. The lowest BCUT2D eigenvalue weighted by atomic mass is 10.1. The Morgan fingerprint density at radius 2 is 1.94 bits per heavy atom. The van der Waals surface area contributed by atoms with E-state index < -0.39 is 0 Å². The first kappa shape index (κ1) is 20.8. The number of carbonyl (C=O) groups excluding carboxylic acids is 1. The molecular weight excluding hydrogens is 412 g/mol. The van der Waals surface area contributed by atoms with Gasteiger partial charge in [0.2, 0.25) is 5.91 Å². The van der Waals surface area contributed by atoms with Crippen LogP contribution in [0.4, 0.5) is 0 Å². The zero-order valence-electron chi connectivity index (χ0n) is 17.4. The molecule has 158 valence electrons. The average molecular weight is 435 g/mol. The lowest BCUT2D eigenvalue weighted by Gasteiger charge is -2.15. The number of benzene rings is 1. The van der Waals surface area contributed by atoms with Gasteiger partial charge in [0.1, 0.15) is 5.15 Å². The minimum absolute atomic E-state index is 0.228. The summed E-state index contributed by atoms with van der Waals surface area (Å²) in [5.41, 5.74) is 3.06. The summed E-state index contributed by atoms with van der Waals surface area (Å²) >= 11 is 6.55. The molecule has 1 amide bonds. The molecule has 1 unspecified atom stereocenters. The van der Waals surface area contributed by atoms with Crippen LogP contribution < -0.4 is 5.32 Å². The van der Waals surface area contributed by atoms with Crippen molar-refractivity contribution in [1.82, 2.24) is 29.7 Å². The van der Waals surface area contributed by atoms with E-state index in [1.54, 1.807) is 10.8 Å². The van der Waals surface area contributed by atoms with Crippen molar-refractivity contribution in [2.24, 2.45) is 0 Å². The monoisotopic (exact) mass is 434 g/mol. The third-order valence-corrected chi connectivity index (χ3v) is 5.36. The molecule has 0 aliphatic carbocycles. The fourth-order valence-corrected chi connectivity index (χ4v) is 3.81. The largest absolute Gasteiger partial charge is 0.343 e. The Balaban J connectivity index is 1.54. The summed E-state index contributed by atoms with van der Waals surface area (Å²) in [6.45, 7) is 3.93. The van der Waals surface area contributed by atoms with Crippen LogP contribution in [-0.2, 0) is 4.79 Å². The smallest absolute Gasteiger partial charge is 0.244 e. The van der Waals surface area contributed by atoms with Crippen molar-refractivity contribution in [2.45, 2.75) is 32.7 Å². The van der Waals surface area contributed by atoms with E-state index in [0.29, 0.717) is 16.5 Å². The van der Waals surface area contributed by atoms with E-state index in [2.05, 4.69) is 27.5 Å². The van der Waals surface area contributed by atoms with E-state index in [9.17, 15) is 4.79 Å². The number of nitrogens with one attached hydrogen (secondary N) is 1. The van der Waals surface area contributed by atoms with Gasteiger partial charge in [-0.25, -0.2) is 4.68 Å². The molecular formula is C23H23ClN6O. The summed E-state index contributed by atoms with van der Waals surface area (Å²) in [6, 6.07) is 15.1. The molecule has 8 heteroatoms. The normalized spacial score (nSPS) is 12.5. The van der Waals surface area contributed by atoms with Crippen LogP contribution in [0.3, 0.4) is 0 Å². The van der Waals surface area contributed by atoms with Gasteiger partial charge in [0.05, 0.1) is 17.4 Å². The van der Waals surface area contributed by atoms with Gasteiger partial charge in [-0.1, -0.05) is 49.2 Å². The van der Waals surface area contributed by atoms with Crippen LogP contribution in [0.1, 0.15) is 42.9 Å². The van der Waals surface area contributed by atoms with Crippen molar-refractivity contribution in [1.29, 1.82) is 0 Å². The number of hydrogen-bond acceptors (Lipinski definition) is 4. The second kappa shape index (κ2) is 9.14. The van der Waals surface area contributed by atoms with E-state index in [1.165, 1.54) is 6.08 Å². The number of fused-ring (bicyclic) bond motifs is 1. The highest BCUT2D eigenvalue weighted by atomic mass is 35.5. The van der Waals surface area contributed by atoms with E-state index >= 15 is 0 Å². The van der Waals surface area contributed by atoms with Crippen LogP contribution in [0, 0.1) is 6.92 Å². The van der Waals surface area contributed by atoms with Gasteiger partial charge in [0.15, 0.2) is 11.5 Å². The standard InChI is InChI=1S/C23H23ClN6O/c1-3-9-19(23-27-26-20-12-7-8-15-29(20)23)25-21(31)14-13-18-16(2)28-30(22(18)24)17-10-5-4-6-11-17/h4-8,10-15,19H,3,9H2,1-2H3,(H,25,31)/b14-13+. The van der Waals surface area contributed by atoms with Gasteiger partial charge in [-0.15, -0.1) is 10.2 Å². The van der Waals surface area contributed by atoms with Crippen molar-refractivity contribution in [3.05, 3.63) is 83.0 Å². The molecule has 0 saturated heterocycles. The number of halogens is 1. The molecule has 1 N–H and O–H groups in total. The fourth-order valence-electron chi connectivity index (χ4n) is 3.47. The Morgan fingerprint density at radius 3 is 2.71 bits per heavy atom. The van der Waals surface area contributed by atoms with E-state index in [0.717, 1.165) is 29.9 Å². The number of rotatable bonds is 7. The maximum absolute atomic E-state index is 12.7. The van der Waals surface area contributed by atoms with Gasteiger partial charge < -0.3 is 5.32 Å². The zero-order chi connectivity index (χ0) is 21.8. The maximum atomic E-state index is 12.7. The Bertz CT molecular complexity index is 1230. The summed E-state index contributed by atoms with van der Waals surface area (Å²) in [5, 5.41) is 16.5. The predicted molar refractivity (Wildman–Crippen MR) is 121 cm³/mol. The summed E-state index contributed by atoms with van der Waals surface area (Å²) in [7, 11) is 0. The maximum Gasteiger partial charge on any atom is 0.244 e. The molecule has 0 fully saturated rings. The van der Waals surface area contributed by atoms with Crippen molar-refractivity contribution in [2.75, 3.05) is 0 Å². The SMILES string of the molecule is CCCC(NC(=O)/C=C/c1c(C)nn(-c2ccccc2)c1Cl)c1nnc2ccccn12. The number of nitrogens with zero attached hydrogens (tertiary/aromatic N) is 5. The molecule has 0 aliphatic heterocycles. The van der Waals surface area contributed by atoms with E-state index in [1.807, 2.05) is 66.1 Å². The summed E-state index contributed by atoms with van der Waals surface area (Å²) in [4.78, 5) is 12.7. The number of aromatic nitrogens is 5. The van der Waals surface area contributed by atoms with Gasteiger partial charge in [0.25, 0.3) is 0 Å². The van der Waals surface area contributed by atoms with Crippen molar-refractivity contribution in [3.8, 4) is 5.69 Å². The number of amides is 1. The summed E-state index contributed by atoms with van der Waals surface area (Å²) < 4.78 is 3.56. The molecule has 31 heavy (non-hydrogen) atoms. The number of carbonyl (C=O) groups is 1.